The average Bonchev–Trinajstić information content (AvgIpc) is 2.33. The maximum absolute atomic E-state index is 12.2. The van der Waals surface area contributed by atoms with E-state index in [4.69, 9.17) is 29.6 Å². The van der Waals surface area contributed by atoms with Crippen molar-refractivity contribution in [3.63, 3.8) is 0 Å². The van der Waals surface area contributed by atoms with Crippen LogP contribution in [0.3, 0.4) is 0 Å². The highest BCUT2D eigenvalue weighted by Crippen LogP contribution is 2.27. The first-order valence-electron chi connectivity index (χ1n) is 5.46. The second-order valence-electron chi connectivity index (χ2n) is 3.71. The van der Waals surface area contributed by atoms with Gasteiger partial charge in [-0.05, 0) is 31.3 Å². The van der Waals surface area contributed by atoms with Gasteiger partial charge in [-0.25, -0.2) is 0 Å². The van der Waals surface area contributed by atoms with Crippen molar-refractivity contribution in [2.24, 2.45) is 5.73 Å². The molecule has 0 unspecified atom stereocenters. The zero-order chi connectivity index (χ0) is 15.3. The van der Waals surface area contributed by atoms with Crippen LogP contribution in [0, 0.1) is 0 Å². The molecule has 2 N–H and O–H groups in total. The van der Waals surface area contributed by atoms with Gasteiger partial charge in [0, 0.05) is 16.8 Å². The van der Waals surface area contributed by atoms with Crippen molar-refractivity contribution in [2.75, 3.05) is 11.4 Å². The highest BCUT2D eigenvalue weighted by molar-refractivity contribution is 7.80. The minimum atomic E-state index is -4.76. The summed E-state index contributed by atoms with van der Waals surface area (Å²) in [4.78, 5) is 1.40. The predicted molar refractivity (Wildman–Crippen MR) is 76.9 cm³/mol. The topological polar surface area (TPSA) is 38.5 Å². The zero-order valence-electron chi connectivity index (χ0n) is 10.4. The number of benzene rings is 1. The highest BCUT2D eigenvalue weighted by atomic mass is 35.5. The number of rotatable bonds is 4. The fourth-order valence-corrected chi connectivity index (χ4v) is 1.68. The predicted octanol–water partition coefficient (Wildman–Crippen LogP) is 3.78. The van der Waals surface area contributed by atoms with Crippen molar-refractivity contribution in [1.29, 1.82) is 0 Å². The second-order valence-corrected chi connectivity index (χ2v) is 4.61. The van der Waals surface area contributed by atoms with Crippen LogP contribution in [0.1, 0.15) is 6.92 Å². The molecule has 0 aromatic heterocycles. The van der Waals surface area contributed by atoms with E-state index in [1.807, 2.05) is 0 Å². The van der Waals surface area contributed by atoms with Gasteiger partial charge in [0.05, 0.1) is 6.54 Å². The van der Waals surface area contributed by atoms with Gasteiger partial charge < -0.3 is 15.4 Å². The van der Waals surface area contributed by atoms with Crippen molar-refractivity contribution < 1.29 is 17.9 Å². The third kappa shape index (κ3) is 5.26. The largest absolute Gasteiger partial charge is 0.573 e. The summed E-state index contributed by atoms with van der Waals surface area (Å²) in [6.45, 7) is 1.89. The molecule has 20 heavy (non-hydrogen) atoms. The molecule has 0 radical (unpaired) electrons. The molecule has 8 heteroatoms. The van der Waals surface area contributed by atoms with Crippen LogP contribution in [-0.4, -0.2) is 18.0 Å². The second kappa shape index (κ2) is 6.81. The van der Waals surface area contributed by atoms with E-state index in [2.05, 4.69) is 4.74 Å². The Labute approximate surface area is 124 Å². The third-order valence-corrected chi connectivity index (χ3v) is 2.81. The number of hydrogen-bond donors (Lipinski definition) is 1. The third-order valence-electron chi connectivity index (χ3n) is 2.25. The van der Waals surface area contributed by atoms with Gasteiger partial charge in [-0.1, -0.05) is 23.7 Å². The van der Waals surface area contributed by atoms with Gasteiger partial charge in [0.15, 0.2) is 5.11 Å². The molecule has 1 aromatic rings. The lowest BCUT2D eigenvalue weighted by atomic mass is 10.2. The van der Waals surface area contributed by atoms with Gasteiger partial charge >= 0.3 is 6.36 Å². The van der Waals surface area contributed by atoms with E-state index in [1.54, 1.807) is 19.1 Å². The maximum Gasteiger partial charge on any atom is 0.573 e. The molecule has 0 heterocycles. The molecule has 0 aliphatic carbocycles. The molecular formula is C12H12ClF3N2OS. The van der Waals surface area contributed by atoms with E-state index in [9.17, 15) is 13.2 Å². The maximum atomic E-state index is 12.2. The smallest absolute Gasteiger partial charge is 0.406 e. The van der Waals surface area contributed by atoms with Gasteiger partial charge in [0.2, 0.25) is 0 Å². The molecular weight excluding hydrogens is 313 g/mol. The van der Waals surface area contributed by atoms with E-state index in [-0.39, 0.29) is 17.4 Å². The standard InChI is InChI=1S/C12H12ClF3N2OS/c1-2-8(13)7-18(11(17)20)9-4-3-5-10(6-9)19-12(14,15)16/h2-6H,7H2,1H3,(H2,17,20)/b8-2-. The van der Waals surface area contributed by atoms with Crippen molar-refractivity contribution in [3.8, 4) is 5.75 Å². The fraction of sp³-hybridized carbons (Fsp3) is 0.250. The van der Waals surface area contributed by atoms with Gasteiger partial charge in [0.1, 0.15) is 5.75 Å². The number of allylic oxidation sites excluding steroid dienone is 1. The highest BCUT2D eigenvalue weighted by Gasteiger charge is 2.31. The number of alkyl halides is 3. The molecule has 0 aliphatic rings. The quantitative estimate of drug-likeness (QED) is 0.855. The molecule has 3 nitrogen and oxygen atoms in total. The lowest BCUT2D eigenvalue weighted by Crippen LogP contribution is -2.36. The number of halogens is 4. The molecule has 0 bridgehead atoms. The van der Waals surface area contributed by atoms with E-state index in [1.165, 1.54) is 23.1 Å². The monoisotopic (exact) mass is 324 g/mol. The fourth-order valence-electron chi connectivity index (χ4n) is 1.39. The van der Waals surface area contributed by atoms with Gasteiger partial charge in [-0.3, -0.25) is 0 Å². The average molecular weight is 325 g/mol. The first-order valence-corrected chi connectivity index (χ1v) is 6.25. The number of nitrogens with two attached hydrogens (primary N) is 1. The molecule has 0 aliphatic heterocycles. The van der Waals surface area contributed by atoms with Gasteiger partial charge in [-0.2, -0.15) is 0 Å². The Bertz CT molecular complexity index is 520. The van der Waals surface area contributed by atoms with E-state index in [0.717, 1.165) is 0 Å². The number of ether oxygens (including phenoxy) is 1. The van der Waals surface area contributed by atoms with Crippen LogP contribution >= 0.6 is 23.8 Å². The van der Waals surface area contributed by atoms with E-state index >= 15 is 0 Å². The Morgan fingerprint density at radius 2 is 2.15 bits per heavy atom. The molecule has 0 saturated carbocycles. The van der Waals surface area contributed by atoms with Crippen LogP contribution < -0.4 is 15.4 Å². The van der Waals surface area contributed by atoms with Gasteiger partial charge in [-0.15, -0.1) is 13.2 Å². The minimum absolute atomic E-state index is 0.00541. The summed E-state index contributed by atoms with van der Waals surface area (Å²) in [6.07, 6.45) is -3.11. The van der Waals surface area contributed by atoms with Crippen LogP contribution in [-0.2, 0) is 0 Å². The molecule has 0 atom stereocenters. The summed E-state index contributed by atoms with van der Waals surface area (Å²) in [6, 6.07) is 5.34. The van der Waals surface area contributed by atoms with E-state index in [0.29, 0.717) is 10.7 Å². The Hall–Kier alpha value is -1.47. The zero-order valence-corrected chi connectivity index (χ0v) is 12.0. The number of hydrogen-bond acceptors (Lipinski definition) is 2. The normalized spacial score (nSPS) is 12.2. The summed E-state index contributed by atoms with van der Waals surface area (Å²) in [5, 5.41) is 0.453. The number of nitrogens with zero attached hydrogens (tertiary/aromatic N) is 1. The first kappa shape index (κ1) is 16.6. The van der Waals surface area contributed by atoms with Crippen molar-refractivity contribution in [2.45, 2.75) is 13.3 Å². The molecule has 110 valence electrons. The van der Waals surface area contributed by atoms with Crippen molar-refractivity contribution in [1.82, 2.24) is 0 Å². The van der Waals surface area contributed by atoms with Crippen molar-refractivity contribution >= 4 is 34.6 Å². The summed E-state index contributed by atoms with van der Waals surface area (Å²) in [5.74, 6) is -0.354. The molecule has 0 spiro atoms. The van der Waals surface area contributed by atoms with Crippen LogP contribution in [0.15, 0.2) is 35.4 Å². The number of thiocarbonyl (C=S) groups is 1. The van der Waals surface area contributed by atoms with Crippen LogP contribution in [0.5, 0.6) is 5.75 Å². The van der Waals surface area contributed by atoms with Crippen LogP contribution in [0.4, 0.5) is 18.9 Å². The molecule has 1 rings (SSSR count). The van der Waals surface area contributed by atoms with Gasteiger partial charge in [0.25, 0.3) is 0 Å². The van der Waals surface area contributed by atoms with Crippen LogP contribution in [0.2, 0.25) is 0 Å². The Kier molecular flexibility index (Phi) is 5.64. The number of anilines is 1. The lowest BCUT2D eigenvalue weighted by molar-refractivity contribution is -0.274. The summed E-state index contributed by atoms with van der Waals surface area (Å²) >= 11 is 10.8. The van der Waals surface area contributed by atoms with Crippen LogP contribution in [0.25, 0.3) is 0 Å². The molecule has 0 fully saturated rings. The SMILES string of the molecule is C/C=C(\Cl)CN(C(N)=S)c1cccc(OC(F)(F)F)c1. The first-order chi connectivity index (χ1) is 9.23. The van der Waals surface area contributed by atoms with Crippen molar-refractivity contribution in [3.05, 3.63) is 35.4 Å². The Morgan fingerprint density at radius 1 is 1.50 bits per heavy atom. The Morgan fingerprint density at radius 3 is 2.65 bits per heavy atom. The summed E-state index contributed by atoms with van der Waals surface area (Å²) in [5.41, 5.74) is 5.92. The molecule has 0 amide bonds. The minimum Gasteiger partial charge on any atom is -0.406 e. The van der Waals surface area contributed by atoms with E-state index < -0.39 is 6.36 Å². The summed E-state index contributed by atoms with van der Waals surface area (Å²) < 4.78 is 40.4. The lowest BCUT2D eigenvalue weighted by Gasteiger charge is -2.23. The molecule has 0 saturated heterocycles. The molecule has 1 aromatic carbocycles. The Balaban J connectivity index is 3.03. The summed E-state index contributed by atoms with van der Waals surface area (Å²) in [7, 11) is 0.